The second kappa shape index (κ2) is 6.91. The molecule has 18 heavy (non-hydrogen) atoms. The molecule has 1 aliphatic carbocycles. The Hall–Kier alpha value is -0.0800. The van der Waals surface area contributed by atoms with Crippen molar-refractivity contribution in [2.24, 2.45) is 11.8 Å². The van der Waals surface area contributed by atoms with Gasteiger partial charge in [0.2, 0.25) is 0 Å². The Balaban J connectivity index is 1.91. The largest absolute Gasteiger partial charge is 0.317 e. The zero-order valence-corrected chi connectivity index (χ0v) is 12.6. The summed E-state index contributed by atoms with van der Waals surface area (Å²) in [5, 5.41) is 3.48. The van der Waals surface area contributed by atoms with Crippen LogP contribution in [0.25, 0.3) is 0 Å². The summed E-state index contributed by atoms with van der Waals surface area (Å²) in [6, 6.07) is 1.61. The molecule has 1 heterocycles. The van der Waals surface area contributed by atoms with Gasteiger partial charge in [0.15, 0.2) is 0 Å². The molecule has 3 unspecified atom stereocenters. The Labute approximate surface area is 114 Å². The second-order valence-corrected chi connectivity index (χ2v) is 6.53. The van der Waals surface area contributed by atoms with Crippen LogP contribution < -0.4 is 5.32 Å². The first-order chi connectivity index (χ1) is 8.76. The highest BCUT2D eigenvalue weighted by molar-refractivity contribution is 4.88. The number of likely N-dealkylation sites (tertiary alicyclic amines) is 1. The molecule has 1 aliphatic heterocycles. The molecule has 2 aliphatic rings. The molecule has 1 N–H and O–H groups in total. The number of hydrogen-bond acceptors (Lipinski definition) is 2. The van der Waals surface area contributed by atoms with Crippen molar-refractivity contribution in [3.63, 3.8) is 0 Å². The number of nitrogens with zero attached hydrogens (tertiary/aromatic N) is 1. The first-order valence-electron chi connectivity index (χ1n) is 8.17. The van der Waals surface area contributed by atoms with Crippen LogP contribution in [0.1, 0.15) is 58.8 Å². The third-order valence-electron chi connectivity index (χ3n) is 5.39. The van der Waals surface area contributed by atoms with Gasteiger partial charge in [0.1, 0.15) is 0 Å². The minimum Gasteiger partial charge on any atom is -0.317 e. The van der Waals surface area contributed by atoms with Crippen LogP contribution in [-0.4, -0.2) is 37.1 Å². The van der Waals surface area contributed by atoms with Crippen LogP contribution in [0.2, 0.25) is 0 Å². The van der Waals surface area contributed by atoms with Gasteiger partial charge in [-0.3, -0.25) is 4.90 Å². The van der Waals surface area contributed by atoms with E-state index in [1.54, 1.807) is 0 Å². The number of piperidine rings is 1. The molecular formula is C16H32N2. The first-order valence-corrected chi connectivity index (χ1v) is 8.17. The maximum Gasteiger partial charge on any atom is 0.0121 e. The normalized spacial score (nSPS) is 33.5. The molecule has 0 bridgehead atoms. The minimum atomic E-state index is 0.741. The lowest BCUT2D eigenvalue weighted by Crippen LogP contribution is -2.52. The first kappa shape index (κ1) is 14.3. The lowest BCUT2D eigenvalue weighted by atomic mass is 9.80. The predicted octanol–water partition coefficient (Wildman–Crippen LogP) is 3.28. The van der Waals surface area contributed by atoms with Crippen molar-refractivity contribution in [3.05, 3.63) is 0 Å². The zero-order chi connectivity index (χ0) is 13.0. The van der Waals surface area contributed by atoms with Crippen LogP contribution in [-0.2, 0) is 0 Å². The SMILES string of the molecule is CCC(C1CCCCC1)N1CCC(NC)C(C)C1. The van der Waals surface area contributed by atoms with Gasteiger partial charge in [-0.1, -0.05) is 33.1 Å². The average Bonchev–Trinajstić information content (AvgIpc) is 2.41. The summed E-state index contributed by atoms with van der Waals surface area (Å²) in [7, 11) is 2.12. The maximum absolute atomic E-state index is 3.48. The lowest BCUT2D eigenvalue weighted by Gasteiger charge is -2.44. The molecule has 0 aromatic heterocycles. The number of hydrogen-bond donors (Lipinski definition) is 1. The molecule has 1 saturated heterocycles. The van der Waals surface area contributed by atoms with Gasteiger partial charge in [0.25, 0.3) is 0 Å². The van der Waals surface area contributed by atoms with Gasteiger partial charge in [-0.2, -0.15) is 0 Å². The molecule has 0 radical (unpaired) electrons. The van der Waals surface area contributed by atoms with Crippen molar-refractivity contribution < 1.29 is 0 Å². The van der Waals surface area contributed by atoms with Crippen molar-refractivity contribution in [2.45, 2.75) is 70.9 Å². The molecule has 0 amide bonds. The van der Waals surface area contributed by atoms with Crippen LogP contribution in [0.15, 0.2) is 0 Å². The van der Waals surface area contributed by atoms with E-state index in [1.165, 1.54) is 58.0 Å². The van der Waals surface area contributed by atoms with Gasteiger partial charge < -0.3 is 5.32 Å². The van der Waals surface area contributed by atoms with E-state index >= 15 is 0 Å². The van der Waals surface area contributed by atoms with Crippen molar-refractivity contribution in [1.82, 2.24) is 10.2 Å². The Morgan fingerprint density at radius 3 is 2.44 bits per heavy atom. The molecule has 0 aromatic rings. The van der Waals surface area contributed by atoms with Gasteiger partial charge in [-0.05, 0) is 51.1 Å². The lowest BCUT2D eigenvalue weighted by molar-refractivity contribution is 0.0599. The third kappa shape index (κ3) is 3.27. The highest BCUT2D eigenvalue weighted by Gasteiger charge is 2.32. The molecule has 2 fully saturated rings. The average molecular weight is 252 g/mol. The quantitative estimate of drug-likeness (QED) is 0.826. The topological polar surface area (TPSA) is 15.3 Å². The highest BCUT2D eigenvalue weighted by atomic mass is 15.2. The Morgan fingerprint density at radius 1 is 1.17 bits per heavy atom. The smallest absolute Gasteiger partial charge is 0.0121 e. The van der Waals surface area contributed by atoms with Gasteiger partial charge in [-0.25, -0.2) is 0 Å². The van der Waals surface area contributed by atoms with Crippen LogP contribution in [0, 0.1) is 11.8 Å². The number of rotatable bonds is 4. The van der Waals surface area contributed by atoms with E-state index in [2.05, 4.69) is 31.1 Å². The van der Waals surface area contributed by atoms with E-state index in [0.717, 1.165) is 23.9 Å². The standard InChI is InChI=1S/C16H32N2/c1-4-16(14-8-6-5-7-9-14)18-11-10-15(17-3)13(2)12-18/h13-17H,4-12H2,1-3H3. The molecular weight excluding hydrogens is 220 g/mol. The minimum absolute atomic E-state index is 0.741. The Bertz CT molecular complexity index is 235. The number of nitrogens with one attached hydrogen (secondary N) is 1. The molecule has 0 aromatic carbocycles. The summed E-state index contributed by atoms with van der Waals surface area (Å²) in [6.45, 7) is 7.43. The predicted molar refractivity (Wildman–Crippen MR) is 78.9 cm³/mol. The van der Waals surface area contributed by atoms with Crippen LogP contribution in [0.5, 0.6) is 0 Å². The summed E-state index contributed by atoms with van der Waals surface area (Å²) >= 11 is 0. The summed E-state index contributed by atoms with van der Waals surface area (Å²) in [4.78, 5) is 2.81. The van der Waals surface area contributed by atoms with Gasteiger partial charge in [-0.15, -0.1) is 0 Å². The third-order valence-corrected chi connectivity index (χ3v) is 5.39. The van der Waals surface area contributed by atoms with E-state index in [4.69, 9.17) is 0 Å². The van der Waals surface area contributed by atoms with Crippen molar-refractivity contribution >= 4 is 0 Å². The maximum atomic E-state index is 3.48. The van der Waals surface area contributed by atoms with E-state index < -0.39 is 0 Å². The van der Waals surface area contributed by atoms with Crippen molar-refractivity contribution in [2.75, 3.05) is 20.1 Å². The summed E-state index contributed by atoms with van der Waals surface area (Å²) in [5.41, 5.74) is 0. The molecule has 1 saturated carbocycles. The van der Waals surface area contributed by atoms with Crippen molar-refractivity contribution in [1.29, 1.82) is 0 Å². The van der Waals surface area contributed by atoms with Gasteiger partial charge >= 0.3 is 0 Å². The zero-order valence-electron chi connectivity index (χ0n) is 12.6. The monoisotopic (exact) mass is 252 g/mol. The van der Waals surface area contributed by atoms with Gasteiger partial charge in [0.05, 0.1) is 0 Å². The Morgan fingerprint density at radius 2 is 1.89 bits per heavy atom. The fourth-order valence-corrected chi connectivity index (χ4v) is 4.32. The fourth-order valence-electron chi connectivity index (χ4n) is 4.32. The fraction of sp³-hybridized carbons (Fsp3) is 1.00. The second-order valence-electron chi connectivity index (χ2n) is 6.53. The summed E-state index contributed by atoms with van der Waals surface area (Å²) < 4.78 is 0. The van der Waals surface area contributed by atoms with Crippen LogP contribution >= 0.6 is 0 Å². The molecule has 106 valence electrons. The van der Waals surface area contributed by atoms with Crippen LogP contribution in [0.4, 0.5) is 0 Å². The summed E-state index contributed by atoms with van der Waals surface area (Å²) in [6.07, 6.45) is 10.1. The van der Waals surface area contributed by atoms with E-state index in [-0.39, 0.29) is 0 Å². The van der Waals surface area contributed by atoms with Crippen molar-refractivity contribution in [3.8, 4) is 0 Å². The highest BCUT2D eigenvalue weighted by Crippen LogP contribution is 2.32. The molecule has 2 heteroatoms. The molecule has 0 spiro atoms. The summed E-state index contributed by atoms with van der Waals surface area (Å²) in [5.74, 6) is 1.79. The van der Waals surface area contributed by atoms with Gasteiger partial charge in [0, 0.05) is 18.6 Å². The van der Waals surface area contributed by atoms with E-state index in [9.17, 15) is 0 Å². The molecule has 3 atom stereocenters. The van der Waals surface area contributed by atoms with E-state index in [1.807, 2.05) is 0 Å². The van der Waals surface area contributed by atoms with E-state index in [0.29, 0.717) is 0 Å². The molecule has 2 nitrogen and oxygen atoms in total. The molecule has 2 rings (SSSR count). The Kier molecular flexibility index (Phi) is 5.50. The van der Waals surface area contributed by atoms with Crippen LogP contribution in [0.3, 0.4) is 0 Å².